The van der Waals surface area contributed by atoms with Gasteiger partial charge >= 0.3 is 0 Å². The van der Waals surface area contributed by atoms with Crippen LogP contribution in [-0.4, -0.2) is 38.1 Å². The molecule has 6 N–H and O–H groups in total. The first-order chi connectivity index (χ1) is 9.98. The Kier molecular flexibility index (Phi) is 2.98. The van der Waals surface area contributed by atoms with E-state index in [-0.39, 0.29) is 35.2 Å². The summed E-state index contributed by atoms with van der Waals surface area (Å²) < 4.78 is 5.58. The normalized spacial score (nSPS) is 24.5. The summed E-state index contributed by atoms with van der Waals surface area (Å²) in [6.45, 7) is 0.102. The Hall–Kier alpha value is -2.44. The summed E-state index contributed by atoms with van der Waals surface area (Å²) in [5.74, 6) is -0.105. The number of benzene rings is 2. The van der Waals surface area contributed by atoms with Gasteiger partial charge in [-0.3, -0.25) is 0 Å². The molecule has 0 bridgehead atoms. The van der Waals surface area contributed by atoms with Crippen molar-refractivity contribution in [2.24, 2.45) is 0 Å². The van der Waals surface area contributed by atoms with Crippen LogP contribution in [0, 0.1) is 0 Å². The molecular weight excluding hydrogens is 288 g/mol. The highest BCUT2D eigenvalue weighted by Gasteiger charge is 2.50. The number of hydrogen-bond acceptors (Lipinski definition) is 5. The van der Waals surface area contributed by atoms with Crippen molar-refractivity contribution >= 4 is 0 Å². The molecule has 0 radical (unpaired) electrons. The SMILES string of the molecule is O.Oc1ccc2c(c1)OCC1(O)Cc3cc(O)c(O)cc3C21. The summed E-state index contributed by atoms with van der Waals surface area (Å²) in [7, 11) is 0. The van der Waals surface area contributed by atoms with E-state index in [0.29, 0.717) is 12.2 Å². The fourth-order valence-corrected chi connectivity index (χ4v) is 3.46. The van der Waals surface area contributed by atoms with Crippen LogP contribution in [0.4, 0.5) is 0 Å². The summed E-state index contributed by atoms with van der Waals surface area (Å²) in [5.41, 5.74) is 1.24. The second-order valence-electron chi connectivity index (χ2n) is 5.76. The van der Waals surface area contributed by atoms with E-state index in [1.165, 1.54) is 18.2 Å². The molecule has 6 heteroatoms. The van der Waals surface area contributed by atoms with Gasteiger partial charge in [0.25, 0.3) is 0 Å². The van der Waals surface area contributed by atoms with Gasteiger partial charge in [0, 0.05) is 24.0 Å². The molecule has 1 aliphatic carbocycles. The lowest BCUT2D eigenvalue weighted by Crippen LogP contribution is -2.43. The number of phenols is 3. The van der Waals surface area contributed by atoms with Gasteiger partial charge in [-0.25, -0.2) is 0 Å². The van der Waals surface area contributed by atoms with Crippen LogP contribution in [0.1, 0.15) is 22.6 Å². The third-order valence-corrected chi connectivity index (χ3v) is 4.37. The standard InChI is InChI=1S/C16H14O5.H2O/c17-9-1-2-10-14(4-9)21-7-16(20)6-8-3-12(18)13(19)5-11(8)15(10)16;/h1-5,15,17-20H,6-7H2;1H2. The minimum absolute atomic E-state index is 0. The van der Waals surface area contributed by atoms with E-state index in [4.69, 9.17) is 4.74 Å². The van der Waals surface area contributed by atoms with Gasteiger partial charge in [0.2, 0.25) is 0 Å². The van der Waals surface area contributed by atoms with Gasteiger partial charge in [-0.1, -0.05) is 6.07 Å². The van der Waals surface area contributed by atoms with E-state index < -0.39 is 5.60 Å². The average molecular weight is 304 g/mol. The molecule has 0 saturated heterocycles. The second-order valence-corrected chi connectivity index (χ2v) is 5.76. The first-order valence-corrected chi connectivity index (χ1v) is 6.71. The van der Waals surface area contributed by atoms with Crippen molar-refractivity contribution in [1.29, 1.82) is 0 Å². The Morgan fingerprint density at radius 1 is 1.00 bits per heavy atom. The lowest BCUT2D eigenvalue weighted by atomic mass is 9.80. The van der Waals surface area contributed by atoms with Crippen molar-refractivity contribution in [1.82, 2.24) is 0 Å². The van der Waals surface area contributed by atoms with Crippen LogP contribution in [0.15, 0.2) is 30.3 Å². The Bertz CT molecular complexity index is 757. The predicted octanol–water partition coefficient (Wildman–Crippen LogP) is 0.790. The molecule has 116 valence electrons. The summed E-state index contributed by atoms with van der Waals surface area (Å²) in [6, 6.07) is 7.77. The Labute approximate surface area is 126 Å². The van der Waals surface area contributed by atoms with Crippen LogP contribution in [0.5, 0.6) is 23.0 Å². The molecule has 2 atom stereocenters. The van der Waals surface area contributed by atoms with Crippen LogP contribution in [0.25, 0.3) is 0 Å². The van der Waals surface area contributed by atoms with E-state index in [0.717, 1.165) is 16.7 Å². The van der Waals surface area contributed by atoms with Crippen LogP contribution in [0.3, 0.4) is 0 Å². The molecule has 0 fully saturated rings. The lowest BCUT2D eigenvalue weighted by Gasteiger charge is -2.36. The number of fused-ring (bicyclic) bond motifs is 5. The minimum atomic E-state index is -1.10. The number of aromatic hydroxyl groups is 3. The zero-order valence-corrected chi connectivity index (χ0v) is 11.6. The second kappa shape index (κ2) is 4.53. The fraction of sp³-hybridized carbons (Fsp3) is 0.250. The molecule has 0 amide bonds. The van der Waals surface area contributed by atoms with Crippen molar-refractivity contribution < 1.29 is 30.6 Å². The molecule has 2 aromatic carbocycles. The molecular formula is C16H16O6. The third-order valence-electron chi connectivity index (χ3n) is 4.37. The number of rotatable bonds is 0. The summed E-state index contributed by atoms with van der Waals surface area (Å²) in [6.07, 6.45) is 0.348. The fourth-order valence-electron chi connectivity index (χ4n) is 3.46. The van der Waals surface area contributed by atoms with Crippen molar-refractivity contribution in [2.45, 2.75) is 17.9 Å². The first kappa shape index (κ1) is 14.5. The Morgan fingerprint density at radius 3 is 2.50 bits per heavy atom. The van der Waals surface area contributed by atoms with Crippen LogP contribution in [-0.2, 0) is 6.42 Å². The van der Waals surface area contributed by atoms with Crippen LogP contribution >= 0.6 is 0 Å². The summed E-state index contributed by atoms with van der Waals surface area (Å²) >= 11 is 0. The molecule has 0 aromatic heterocycles. The molecule has 1 heterocycles. The predicted molar refractivity (Wildman–Crippen MR) is 77.5 cm³/mol. The van der Waals surface area contributed by atoms with E-state index in [9.17, 15) is 20.4 Å². The maximum atomic E-state index is 10.9. The van der Waals surface area contributed by atoms with Gasteiger partial charge in [-0.05, 0) is 29.3 Å². The van der Waals surface area contributed by atoms with Crippen molar-refractivity contribution in [3.63, 3.8) is 0 Å². The van der Waals surface area contributed by atoms with E-state index in [2.05, 4.69) is 0 Å². The van der Waals surface area contributed by atoms with E-state index >= 15 is 0 Å². The molecule has 1 aliphatic heterocycles. The average Bonchev–Trinajstić information content (AvgIpc) is 2.71. The molecule has 22 heavy (non-hydrogen) atoms. The third kappa shape index (κ3) is 1.81. The van der Waals surface area contributed by atoms with Crippen molar-refractivity contribution in [2.75, 3.05) is 6.61 Å². The molecule has 2 unspecified atom stereocenters. The summed E-state index contributed by atoms with van der Waals surface area (Å²) in [4.78, 5) is 0. The number of hydrogen-bond donors (Lipinski definition) is 4. The molecule has 4 rings (SSSR count). The van der Waals surface area contributed by atoms with Gasteiger partial charge in [0.15, 0.2) is 11.5 Å². The van der Waals surface area contributed by atoms with Gasteiger partial charge in [0.05, 0.1) is 0 Å². The largest absolute Gasteiger partial charge is 0.508 e. The minimum Gasteiger partial charge on any atom is -0.508 e. The van der Waals surface area contributed by atoms with Gasteiger partial charge < -0.3 is 30.6 Å². The van der Waals surface area contributed by atoms with Crippen molar-refractivity contribution in [3.8, 4) is 23.0 Å². The zero-order valence-electron chi connectivity index (χ0n) is 11.6. The highest BCUT2D eigenvalue weighted by Crippen LogP contribution is 2.52. The number of ether oxygens (including phenoxy) is 1. The molecule has 2 aromatic rings. The maximum absolute atomic E-state index is 10.9. The molecule has 0 spiro atoms. The Morgan fingerprint density at radius 2 is 1.73 bits per heavy atom. The number of phenolic OH excluding ortho intramolecular Hbond substituents is 3. The molecule has 6 nitrogen and oxygen atoms in total. The van der Waals surface area contributed by atoms with Gasteiger partial charge in [-0.15, -0.1) is 0 Å². The van der Waals surface area contributed by atoms with E-state index in [1.54, 1.807) is 12.1 Å². The highest BCUT2D eigenvalue weighted by atomic mass is 16.5. The molecule has 2 aliphatic rings. The molecule has 0 saturated carbocycles. The highest BCUT2D eigenvalue weighted by molar-refractivity contribution is 5.58. The monoisotopic (exact) mass is 304 g/mol. The smallest absolute Gasteiger partial charge is 0.157 e. The lowest BCUT2D eigenvalue weighted by molar-refractivity contribution is -0.0218. The maximum Gasteiger partial charge on any atom is 0.157 e. The topological polar surface area (TPSA) is 122 Å². The number of aliphatic hydroxyl groups is 1. The van der Waals surface area contributed by atoms with Crippen LogP contribution < -0.4 is 4.74 Å². The quantitative estimate of drug-likeness (QED) is 0.536. The van der Waals surface area contributed by atoms with E-state index in [1.807, 2.05) is 0 Å². The van der Waals surface area contributed by atoms with Crippen molar-refractivity contribution in [3.05, 3.63) is 47.0 Å². The first-order valence-electron chi connectivity index (χ1n) is 6.71. The van der Waals surface area contributed by atoms with Gasteiger partial charge in [0.1, 0.15) is 23.7 Å². The van der Waals surface area contributed by atoms with Gasteiger partial charge in [-0.2, -0.15) is 0 Å². The summed E-state index contributed by atoms with van der Waals surface area (Å²) in [5, 5.41) is 39.8. The Balaban J connectivity index is 0.00000144. The zero-order chi connectivity index (χ0) is 14.8. The van der Waals surface area contributed by atoms with Crippen LogP contribution in [0.2, 0.25) is 0 Å².